The van der Waals surface area contributed by atoms with Crippen LogP contribution in [0.2, 0.25) is 0 Å². The zero-order chi connectivity index (χ0) is 20.9. The van der Waals surface area contributed by atoms with Gasteiger partial charge in [0.2, 0.25) is 0 Å². The molecule has 0 aliphatic rings. The number of fused-ring (bicyclic) bond motifs is 1. The van der Waals surface area contributed by atoms with Gasteiger partial charge in [0.1, 0.15) is 23.6 Å². The first-order valence-electron chi connectivity index (χ1n) is 9.51. The third kappa shape index (κ3) is 4.71. The smallest absolute Gasteiger partial charge is 0.147 e. The summed E-state index contributed by atoms with van der Waals surface area (Å²) >= 11 is 7.64. The second-order valence-electron chi connectivity index (χ2n) is 6.81. The molecule has 2 heterocycles. The fourth-order valence-corrected chi connectivity index (χ4v) is 4.25. The van der Waals surface area contributed by atoms with Gasteiger partial charge in [-0.05, 0) is 42.0 Å². The number of halogens is 1. The highest BCUT2D eigenvalue weighted by molar-refractivity contribution is 7.98. The molecule has 0 saturated carbocycles. The number of hydrogen-bond donors (Lipinski definition) is 0. The molecule has 30 heavy (non-hydrogen) atoms. The van der Waals surface area contributed by atoms with Crippen LogP contribution in [0.1, 0.15) is 17.0 Å². The Labute approximate surface area is 185 Å². The molecule has 0 spiro atoms. The van der Waals surface area contributed by atoms with Gasteiger partial charge in [-0.25, -0.2) is 0 Å². The predicted molar refractivity (Wildman–Crippen MR) is 121 cm³/mol. The van der Waals surface area contributed by atoms with Crippen molar-refractivity contribution in [1.82, 2.24) is 14.8 Å². The van der Waals surface area contributed by atoms with Gasteiger partial charge in [0.05, 0.1) is 18.7 Å². The summed E-state index contributed by atoms with van der Waals surface area (Å²) in [6, 6.07) is 18.1. The third-order valence-electron chi connectivity index (χ3n) is 4.75. The van der Waals surface area contributed by atoms with Crippen molar-refractivity contribution < 1.29 is 9.47 Å². The van der Waals surface area contributed by atoms with Gasteiger partial charge in [-0.15, -0.1) is 23.4 Å². The van der Waals surface area contributed by atoms with Gasteiger partial charge in [0.15, 0.2) is 0 Å². The molecule has 0 atom stereocenters. The summed E-state index contributed by atoms with van der Waals surface area (Å²) in [5, 5.41) is 5.47. The number of methoxy groups -OCH3 is 1. The van der Waals surface area contributed by atoms with Crippen LogP contribution >= 0.6 is 23.4 Å². The van der Waals surface area contributed by atoms with E-state index in [1.54, 1.807) is 25.1 Å². The lowest BCUT2D eigenvalue weighted by Crippen LogP contribution is -1.98. The molecule has 0 amide bonds. The molecule has 0 N–H and O–H groups in total. The Bertz CT molecular complexity index is 1150. The molecule has 7 heteroatoms. The first kappa shape index (κ1) is 20.6. The molecule has 2 aromatic carbocycles. The minimum atomic E-state index is 0.420. The van der Waals surface area contributed by atoms with Crippen molar-refractivity contribution in [2.75, 3.05) is 7.11 Å². The van der Waals surface area contributed by atoms with Crippen LogP contribution in [-0.4, -0.2) is 21.9 Å². The maximum absolute atomic E-state index is 6.17. The number of thioether (sulfide) groups is 1. The van der Waals surface area contributed by atoms with Crippen LogP contribution in [0.5, 0.6) is 11.5 Å². The van der Waals surface area contributed by atoms with Gasteiger partial charge in [-0.1, -0.05) is 18.2 Å². The van der Waals surface area contributed by atoms with E-state index in [0.717, 1.165) is 50.0 Å². The second-order valence-corrected chi connectivity index (χ2v) is 8.12. The van der Waals surface area contributed by atoms with Gasteiger partial charge in [-0.3, -0.25) is 9.67 Å². The highest BCUT2D eigenvalue weighted by Crippen LogP contribution is 2.33. The Balaban J connectivity index is 1.54. The summed E-state index contributed by atoms with van der Waals surface area (Å²) in [6.45, 7) is 0.463. The van der Waals surface area contributed by atoms with E-state index in [0.29, 0.717) is 12.5 Å². The van der Waals surface area contributed by atoms with Crippen molar-refractivity contribution in [3.63, 3.8) is 0 Å². The molecule has 0 saturated heterocycles. The van der Waals surface area contributed by atoms with Gasteiger partial charge >= 0.3 is 0 Å². The normalized spacial score (nSPS) is 11.0. The number of rotatable bonds is 8. The van der Waals surface area contributed by atoms with Crippen LogP contribution in [0.4, 0.5) is 0 Å². The zero-order valence-electron chi connectivity index (χ0n) is 16.8. The lowest BCUT2D eigenvalue weighted by molar-refractivity contribution is 0.308. The Hall–Kier alpha value is -2.70. The first-order chi connectivity index (χ1) is 14.7. The molecule has 4 aromatic rings. The minimum absolute atomic E-state index is 0.420. The molecule has 0 aliphatic carbocycles. The molecule has 4 rings (SSSR count). The largest absolute Gasteiger partial charge is 0.497 e. The van der Waals surface area contributed by atoms with Crippen LogP contribution in [-0.2, 0) is 25.3 Å². The van der Waals surface area contributed by atoms with E-state index in [-0.39, 0.29) is 0 Å². The standard InChI is InChI=1S/C23H22ClN3O2S/c1-27-19(11-18(13-24)26-27)15-30-21-10-17-4-3-9-25-23(17)22(12-21)29-14-16-5-7-20(28-2)8-6-16/h3-12H,13-15H2,1-2H3. The SMILES string of the molecule is COc1ccc(COc2cc(SCc3cc(CCl)nn3C)cc3cccnc23)cc1. The molecule has 154 valence electrons. The Morgan fingerprint density at radius 3 is 2.67 bits per heavy atom. The summed E-state index contributed by atoms with van der Waals surface area (Å²) in [7, 11) is 3.61. The molecule has 0 bridgehead atoms. The van der Waals surface area contributed by atoms with Crippen LogP contribution in [0.15, 0.2) is 65.7 Å². The molecule has 0 radical (unpaired) electrons. The van der Waals surface area contributed by atoms with E-state index in [2.05, 4.69) is 28.3 Å². The molecule has 0 unspecified atom stereocenters. The van der Waals surface area contributed by atoms with E-state index < -0.39 is 0 Å². The number of ether oxygens (including phenoxy) is 2. The maximum atomic E-state index is 6.17. The predicted octanol–water partition coefficient (Wildman–Crippen LogP) is 5.59. The highest BCUT2D eigenvalue weighted by Gasteiger charge is 2.10. The molecular formula is C23H22ClN3O2S. The number of aromatic nitrogens is 3. The van der Waals surface area contributed by atoms with Gasteiger partial charge in [0.25, 0.3) is 0 Å². The van der Waals surface area contributed by atoms with Crippen molar-refractivity contribution in [3.8, 4) is 11.5 Å². The quantitative estimate of drug-likeness (QED) is 0.264. The topological polar surface area (TPSA) is 49.2 Å². The zero-order valence-corrected chi connectivity index (χ0v) is 18.4. The lowest BCUT2D eigenvalue weighted by atomic mass is 10.2. The van der Waals surface area contributed by atoms with Crippen molar-refractivity contribution >= 4 is 34.3 Å². The van der Waals surface area contributed by atoms with Crippen molar-refractivity contribution in [2.45, 2.75) is 23.1 Å². The first-order valence-corrected chi connectivity index (χ1v) is 11.0. The van der Waals surface area contributed by atoms with E-state index >= 15 is 0 Å². The van der Waals surface area contributed by atoms with Crippen LogP contribution in [0.3, 0.4) is 0 Å². The number of nitrogens with zero attached hydrogens (tertiary/aromatic N) is 3. The summed E-state index contributed by atoms with van der Waals surface area (Å²) in [5.41, 5.74) is 3.95. The summed E-state index contributed by atoms with van der Waals surface area (Å²) in [6.07, 6.45) is 1.79. The number of hydrogen-bond acceptors (Lipinski definition) is 5. The molecule has 0 fully saturated rings. The average molecular weight is 440 g/mol. The van der Waals surface area contributed by atoms with Crippen molar-refractivity contribution in [1.29, 1.82) is 0 Å². The molecule has 0 aliphatic heterocycles. The van der Waals surface area contributed by atoms with Gasteiger partial charge < -0.3 is 9.47 Å². The van der Waals surface area contributed by atoms with E-state index in [1.807, 2.05) is 48.1 Å². The average Bonchev–Trinajstić information content (AvgIpc) is 3.16. The molecular weight excluding hydrogens is 418 g/mol. The number of alkyl halides is 1. The van der Waals surface area contributed by atoms with E-state index in [9.17, 15) is 0 Å². The number of pyridine rings is 1. The molecule has 5 nitrogen and oxygen atoms in total. The summed E-state index contributed by atoms with van der Waals surface area (Å²) in [5.74, 6) is 2.82. The Kier molecular flexibility index (Phi) is 6.45. The third-order valence-corrected chi connectivity index (χ3v) is 6.03. The lowest BCUT2D eigenvalue weighted by Gasteiger charge is -2.12. The maximum Gasteiger partial charge on any atom is 0.147 e. The second kappa shape index (κ2) is 9.41. The van der Waals surface area contributed by atoms with E-state index in [1.165, 1.54) is 0 Å². The number of aryl methyl sites for hydroxylation is 1. The fraction of sp³-hybridized carbons (Fsp3) is 0.217. The Morgan fingerprint density at radius 2 is 1.93 bits per heavy atom. The van der Waals surface area contributed by atoms with E-state index in [4.69, 9.17) is 21.1 Å². The fourth-order valence-electron chi connectivity index (χ4n) is 3.14. The van der Waals surface area contributed by atoms with Crippen LogP contribution < -0.4 is 9.47 Å². The van der Waals surface area contributed by atoms with Crippen LogP contribution in [0.25, 0.3) is 10.9 Å². The van der Waals surface area contributed by atoms with Gasteiger partial charge in [0, 0.05) is 35.0 Å². The summed E-state index contributed by atoms with van der Waals surface area (Å²) < 4.78 is 13.3. The Morgan fingerprint density at radius 1 is 1.10 bits per heavy atom. The van der Waals surface area contributed by atoms with Gasteiger partial charge in [-0.2, -0.15) is 5.10 Å². The number of benzene rings is 2. The van der Waals surface area contributed by atoms with Crippen molar-refractivity contribution in [2.24, 2.45) is 7.05 Å². The molecule has 2 aromatic heterocycles. The minimum Gasteiger partial charge on any atom is -0.497 e. The monoisotopic (exact) mass is 439 g/mol. The van der Waals surface area contributed by atoms with Crippen LogP contribution in [0, 0.1) is 0 Å². The summed E-state index contributed by atoms with van der Waals surface area (Å²) in [4.78, 5) is 5.65. The van der Waals surface area contributed by atoms with Crippen molar-refractivity contribution in [3.05, 3.63) is 77.7 Å². The highest BCUT2D eigenvalue weighted by atomic mass is 35.5.